The fraction of sp³-hybridized carbons (Fsp3) is 0.533. The minimum atomic E-state index is -0.649. The molecule has 0 aromatic heterocycles. The Hall–Kier alpha value is -0.960. The van der Waals surface area contributed by atoms with Crippen LogP contribution in [0.1, 0.15) is 43.2 Å². The highest BCUT2D eigenvalue weighted by molar-refractivity contribution is 7.98. The van der Waals surface area contributed by atoms with Crippen LogP contribution in [0.4, 0.5) is 0 Å². The number of aryl methyl sites for hydroxylation is 1. The molecule has 0 aliphatic heterocycles. The maximum Gasteiger partial charge on any atom is 0.314 e. The predicted octanol–water partition coefficient (Wildman–Crippen LogP) is 4.00. The normalized spacial score (nSPS) is 18.6. The SMILES string of the molecule is CSc1ccc(C)c(C2(C(=O)O)CCCCC2)c1. The van der Waals surface area contributed by atoms with E-state index in [1.807, 2.05) is 13.2 Å². The van der Waals surface area contributed by atoms with E-state index in [0.717, 1.165) is 48.1 Å². The summed E-state index contributed by atoms with van der Waals surface area (Å²) in [7, 11) is 0. The van der Waals surface area contributed by atoms with Gasteiger partial charge in [-0.15, -0.1) is 11.8 Å². The van der Waals surface area contributed by atoms with Crippen LogP contribution in [-0.2, 0) is 10.2 Å². The molecule has 1 aliphatic rings. The largest absolute Gasteiger partial charge is 0.481 e. The van der Waals surface area contributed by atoms with Crippen molar-refractivity contribution in [2.75, 3.05) is 6.26 Å². The summed E-state index contributed by atoms with van der Waals surface area (Å²) in [5.41, 5.74) is 1.49. The molecule has 1 aromatic rings. The third-order valence-electron chi connectivity index (χ3n) is 4.08. The predicted molar refractivity (Wildman–Crippen MR) is 75.4 cm³/mol. The van der Waals surface area contributed by atoms with Crippen molar-refractivity contribution in [3.05, 3.63) is 29.3 Å². The van der Waals surface area contributed by atoms with Crippen molar-refractivity contribution in [3.63, 3.8) is 0 Å². The molecule has 0 radical (unpaired) electrons. The number of carboxylic acids is 1. The monoisotopic (exact) mass is 264 g/mol. The lowest BCUT2D eigenvalue weighted by atomic mass is 9.68. The molecule has 18 heavy (non-hydrogen) atoms. The van der Waals surface area contributed by atoms with Gasteiger partial charge in [-0.25, -0.2) is 0 Å². The molecule has 0 heterocycles. The van der Waals surface area contributed by atoms with Crippen LogP contribution in [-0.4, -0.2) is 17.3 Å². The summed E-state index contributed by atoms with van der Waals surface area (Å²) in [5.74, 6) is -0.649. The standard InChI is InChI=1S/C15H20O2S/c1-11-6-7-12(18-2)10-13(11)15(14(16)17)8-4-3-5-9-15/h6-7,10H,3-5,8-9H2,1-2H3,(H,16,17). The summed E-state index contributed by atoms with van der Waals surface area (Å²) >= 11 is 1.67. The van der Waals surface area contributed by atoms with Crippen molar-refractivity contribution in [2.24, 2.45) is 0 Å². The van der Waals surface area contributed by atoms with Crippen LogP contribution >= 0.6 is 11.8 Å². The van der Waals surface area contributed by atoms with Crippen LogP contribution in [0, 0.1) is 6.92 Å². The van der Waals surface area contributed by atoms with Crippen molar-refractivity contribution in [1.82, 2.24) is 0 Å². The van der Waals surface area contributed by atoms with Crippen LogP contribution in [0.15, 0.2) is 23.1 Å². The lowest BCUT2D eigenvalue weighted by Gasteiger charge is -2.35. The molecule has 1 aromatic carbocycles. The summed E-state index contributed by atoms with van der Waals surface area (Å²) in [5, 5.41) is 9.72. The minimum Gasteiger partial charge on any atom is -0.481 e. The zero-order valence-corrected chi connectivity index (χ0v) is 11.8. The number of benzene rings is 1. The molecule has 1 fully saturated rings. The Labute approximate surface area is 113 Å². The van der Waals surface area contributed by atoms with E-state index in [1.54, 1.807) is 11.8 Å². The number of thioether (sulfide) groups is 1. The molecule has 0 amide bonds. The Morgan fingerprint density at radius 1 is 1.28 bits per heavy atom. The van der Waals surface area contributed by atoms with Crippen LogP contribution in [0.25, 0.3) is 0 Å². The number of carbonyl (C=O) groups is 1. The molecule has 1 saturated carbocycles. The van der Waals surface area contributed by atoms with E-state index in [1.165, 1.54) is 0 Å². The lowest BCUT2D eigenvalue weighted by Crippen LogP contribution is -2.38. The third kappa shape index (κ3) is 2.28. The van der Waals surface area contributed by atoms with Gasteiger partial charge in [-0.1, -0.05) is 25.3 Å². The molecule has 2 nitrogen and oxygen atoms in total. The third-order valence-corrected chi connectivity index (χ3v) is 4.80. The Morgan fingerprint density at radius 3 is 2.50 bits per heavy atom. The molecule has 0 saturated heterocycles. The second-order valence-electron chi connectivity index (χ2n) is 5.13. The highest BCUT2D eigenvalue weighted by Gasteiger charge is 2.42. The number of hydrogen-bond acceptors (Lipinski definition) is 2. The molecule has 98 valence electrons. The Bertz CT molecular complexity index is 448. The maximum absolute atomic E-state index is 11.8. The summed E-state index contributed by atoms with van der Waals surface area (Å²) in [6.07, 6.45) is 6.80. The molecule has 1 aliphatic carbocycles. The van der Waals surface area contributed by atoms with Gasteiger partial charge in [-0.2, -0.15) is 0 Å². The number of hydrogen-bond donors (Lipinski definition) is 1. The molecular formula is C15H20O2S. The fourth-order valence-corrected chi connectivity index (χ4v) is 3.44. The molecule has 1 N–H and O–H groups in total. The second kappa shape index (κ2) is 5.35. The average molecular weight is 264 g/mol. The van der Waals surface area contributed by atoms with E-state index in [4.69, 9.17) is 0 Å². The lowest BCUT2D eigenvalue weighted by molar-refractivity contribution is -0.145. The van der Waals surface area contributed by atoms with Gasteiger partial charge in [0.1, 0.15) is 0 Å². The summed E-state index contributed by atoms with van der Waals surface area (Å²) in [6, 6.07) is 6.21. The van der Waals surface area contributed by atoms with Crippen molar-refractivity contribution in [3.8, 4) is 0 Å². The number of carboxylic acid groups (broad SMARTS) is 1. The first kappa shape index (κ1) is 13.5. The second-order valence-corrected chi connectivity index (χ2v) is 6.01. The van der Waals surface area contributed by atoms with E-state index in [9.17, 15) is 9.90 Å². The van der Waals surface area contributed by atoms with E-state index in [-0.39, 0.29) is 0 Å². The molecule has 2 rings (SSSR count). The van der Waals surface area contributed by atoms with E-state index in [0.29, 0.717) is 0 Å². The van der Waals surface area contributed by atoms with Crippen LogP contribution < -0.4 is 0 Å². The van der Waals surface area contributed by atoms with Crippen molar-refractivity contribution >= 4 is 17.7 Å². The summed E-state index contributed by atoms with van der Waals surface area (Å²) in [4.78, 5) is 13.0. The molecule has 0 bridgehead atoms. The highest BCUT2D eigenvalue weighted by atomic mass is 32.2. The van der Waals surface area contributed by atoms with Crippen molar-refractivity contribution in [2.45, 2.75) is 49.3 Å². The van der Waals surface area contributed by atoms with Gasteiger partial charge in [-0.05, 0) is 49.3 Å². The Morgan fingerprint density at radius 2 is 1.94 bits per heavy atom. The minimum absolute atomic E-state index is 0.645. The van der Waals surface area contributed by atoms with Gasteiger partial charge in [0.2, 0.25) is 0 Å². The smallest absolute Gasteiger partial charge is 0.314 e. The molecule has 0 spiro atoms. The van der Waals surface area contributed by atoms with Gasteiger partial charge in [-0.3, -0.25) is 4.79 Å². The first-order valence-electron chi connectivity index (χ1n) is 6.49. The van der Waals surface area contributed by atoms with E-state index >= 15 is 0 Å². The van der Waals surface area contributed by atoms with Gasteiger partial charge >= 0.3 is 5.97 Å². The topological polar surface area (TPSA) is 37.3 Å². The molecular weight excluding hydrogens is 244 g/mol. The van der Waals surface area contributed by atoms with Gasteiger partial charge in [0.15, 0.2) is 0 Å². The quantitative estimate of drug-likeness (QED) is 0.838. The summed E-state index contributed by atoms with van der Waals surface area (Å²) in [6.45, 7) is 2.03. The van der Waals surface area contributed by atoms with Gasteiger partial charge < -0.3 is 5.11 Å². The molecule has 0 atom stereocenters. The first-order chi connectivity index (χ1) is 8.60. The molecule has 0 unspecified atom stereocenters. The van der Waals surface area contributed by atoms with Gasteiger partial charge in [0, 0.05) is 4.90 Å². The molecule has 3 heteroatoms. The zero-order chi connectivity index (χ0) is 13.2. The van der Waals surface area contributed by atoms with Gasteiger partial charge in [0.05, 0.1) is 5.41 Å². The first-order valence-corrected chi connectivity index (χ1v) is 7.71. The van der Waals surface area contributed by atoms with Gasteiger partial charge in [0.25, 0.3) is 0 Å². The van der Waals surface area contributed by atoms with Crippen molar-refractivity contribution in [1.29, 1.82) is 0 Å². The number of rotatable bonds is 3. The van der Waals surface area contributed by atoms with Crippen LogP contribution in [0.2, 0.25) is 0 Å². The Balaban J connectivity index is 2.51. The maximum atomic E-state index is 11.8. The van der Waals surface area contributed by atoms with Crippen molar-refractivity contribution < 1.29 is 9.90 Å². The van der Waals surface area contributed by atoms with E-state index in [2.05, 4.69) is 18.2 Å². The van der Waals surface area contributed by atoms with Crippen LogP contribution in [0.3, 0.4) is 0 Å². The fourth-order valence-electron chi connectivity index (χ4n) is 3.00. The zero-order valence-electron chi connectivity index (χ0n) is 11.0. The van der Waals surface area contributed by atoms with Crippen LogP contribution in [0.5, 0.6) is 0 Å². The highest BCUT2D eigenvalue weighted by Crippen LogP contribution is 2.42. The average Bonchev–Trinajstić information content (AvgIpc) is 2.40. The Kier molecular flexibility index (Phi) is 4.00. The summed E-state index contributed by atoms with van der Waals surface area (Å²) < 4.78 is 0. The van der Waals surface area contributed by atoms with E-state index < -0.39 is 11.4 Å². The number of aliphatic carboxylic acids is 1.